The summed E-state index contributed by atoms with van der Waals surface area (Å²) in [5.74, 6) is 1.12. The van der Waals surface area contributed by atoms with Crippen LogP contribution in [0.5, 0.6) is 11.5 Å². The lowest BCUT2D eigenvalue weighted by molar-refractivity contribution is 0.394. The number of nitriles is 1. The SMILES string of the molecule is COc1cc(OC)cc(-c2c(C#N)c(=O)oc3c2ccc2[nH]ccc23)c1. The summed E-state index contributed by atoms with van der Waals surface area (Å²) in [7, 11) is 3.09. The van der Waals surface area contributed by atoms with E-state index >= 15 is 0 Å². The molecular weight excluding hydrogens is 332 g/mol. The Balaban J connectivity index is 2.18. The van der Waals surface area contributed by atoms with Crippen LogP contribution in [0, 0.1) is 11.3 Å². The number of methoxy groups -OCH3 is 2. The number of hydrogen-bond donors (Lipinski definition) is 1. The van der Waals surface area contributed by atoms with Gasteiger partial charge in [-0.15, -0.1) is 0 Å². The van der Waals surface area contributed by atoms with Gasteiger partial charge in [0.1, 0.15) is 28.7 Å². The fraction of sp³-hybridized carbons (Fsp3) is 0.100. The molecule has 0 aliphatic heterocycles. The second-order valence-corrected chi connectivity index (χ2v) is 5.73. The third-order valence-electron chi connectivity index (χ3n) is 4.36. The smallest absolute Gasteiger partial charge is 0.354 e. The van der Waals surface area contributed by atoms with E-state index in [0.29, 0.717) is 33.6 Å². The van der Waals surface area contributed by atoms with Crippen LogP contribution in [0.3, 0.4) is 0 Å². The molecule has 26 heavy (non-hydrogen) atoms. The number of hydrogen-bond acceptors (Lipinski definition) is 5. The van der Waals surface area contributed by atoms with Crippen molar-refractivity contribution in [2.75, 3.05) is 14.2 Å². The number of H-pyrrole nitrogens is 1. The number of rotatable bonds is 3. The molecule has 0 spiro atoms. The number of aromatic amines is 1. The maximum absolute atomic E-state index is 12.5. The molecule has 0 amide bonds. The minimum absolute atomic E-state index is 0.0531. The fourth-order valence-electron chi connectivity index (χ4n) is 3.15. The van der Waals surface area contributed by atoms with Gasteiger partial charge in [0, 0.05) is 34.1 Å². The lowest BCUT2D eigenvalue weighted by Gasteiger charge is -2.12. The minimum atomic E-state index is -0.675. The van der Waals surface area contributed by atoms with E-state index in [0.717, 1.165) is 10.9 Å². The highest BCUT2D eigenvalue weighted by Gasteiger charge is 2.19. The summed E-state index contributed by atoms with van der Waals surface area (Å²) in [6.45, 7) is 0. The van der Waals surface area contributed by atoms with Gasteiger partial charge in [-0.2, -0.15) is 5.26 Å². The minimum Gasteiger partial charge on any atom is -0.497 e. The van der Waals surface area contributed by atoms with Crippen LogP contribution >= 0.6 is 0 Å². The van der Waals surface area contributed by atoms with E-state index in [1.807, 2.05) is 24.3 Å². The quantitative estimate of drug-likeness (QED) is 0.570. The maximum Gasteiger partial charge on any atom is 0.354 e. The molecule has 0 atom stereocenters. The van der Waals surface area contributed by atoms with E-state index in [1.165, 1.54) is 0 Å². The van der Waals surface area contributed by atoms with Crippen molar-refractivity contribution in [2.24, 2.45) is 0 Å². The molecule has 0 aliphatic carbocycles. The van der Waals surface area contributed by atoms with Gasteiger partial charge >= 0.3 is 5.63 Å². The van der Waals surface area contributed by atoms with E-state index in [4.69, 9.17) is 13.9 Å². The molecule has 2 aromatic carbocycles. The normalized spacial score (nSPS) is 10.8. The highest BCUT2D eigenvalue weighted by atomic mass is 16.5. The molecule has 2 aromatic heterocycles. The molecule has 0 aliphatic rings. The van der Waals surface area contributed by atoms with Crippen LogP contribution in [0.2, 0.25) is 0 Å². The molecule has 0 unspecified atom stereocenters. The Bertz CT molecular complexity index is 1220. The first-order chi connectivity index (χ1) is 12.7. The first kappa shape index (κ1) is 15.8. The number of fused-ring (bicyclic) bond motifs is 3. The molecule has 4 rings (SSSR count). The first-order valence-electron chi connectivity index (χ1n) is 7.86. The number of nitrogens with zero attached hydrogens (tertiary/aromatic N) is 1. The average molecular weight is 346 g/mol. The molecule has 0 radical (unpaired) electrons. The van der Waals surface area contributed by atoms with Crippen LogP contribution in [0.25, 0.3) is 33.0 Å². The molecule has 6 heteroatoms. The summed E-state index contributed by atoms with van der Waals surface area (Å²) < 4.78 is 16.1. The predicted octanol–water partition coefficient (Wildman–Crippen LogP) is 3.83. The zero-order chi connectivity index (χ0) is 18.3. The van der Waals surface area contributed by atoms with Crippen LogP contribution in [-0.4, -0.2) is 19.2 Å². The van der Waals surface area contributed by atoms with Crippen molar-refractivity contribution in [2.45, 2.75) is 0 Å². The summed E-state index contributed by atoms with van der Waals surface area (Å²) in [5.41, 5.74) is 1.70. The van der Waals surface area contributed by atoms with E-state index in [1.54, 1.807) is 38.6 Å². The molecule has 0 saturated heterocycles. The molecule has 128 valence electrons. The van der Waals surface area contributed by atoms with Gasteiger partial charge in [0.2, 0.25) is 0 Å². The Hall–Kier alpha value is -3.72. The Morgan fingerprint density at radius 3 is 2.42 bits per heavy atom. The zero-order valence-corrected chi connectivity index (χ0v) is 14.1. The largest absolute Gasteiger partial charge is 0.497 e. The standard InChI is InChI=1S/C20H14N2O4/c1-24-12-7-11(8-13(9-12)25-2)18-15-3-4-17-14(5-6-22-17)19(15)26-20(23)16(18)10-21/h3-9,22H,1-2H3. The molecule has 6 nitrogen and oxygen atoms in total. The lowest BCUT2D eigenvalue weighted by Crippen LogP contribution is -2.07. The van der Waals surface area contributed by atoms with Gasteiger partial charge in [-0.3, -0.25) is 0 Å². The Morgan fingerprint density at radius 1 is 1.04 bits per heavy atom. The van der Waals surface area contributed by atoms with Gasteiger partial charge in [0.25, 0.3) is 0 Å². The third kappa shape index (κ3) is 2.30. The first-order valence-corrected chi connectivity index (χ1v) is 7.86. The van der Waals surface area contributed by atoms with Gasteiger partial charge < -0.3 is 18.9 Å². The van der Waals surface area contributed by atoms with Gasteiger partial charge in [0.05, 0.1) is 14.2 Å². The van der Waals surface area contributed by atoms with Crippen LogP contribution in [0.15, 0.2) is 51.8 Å². The van der Waals surface area contributed by atoms with Gasteiger partial charge in [-0.05, 0) is 35.9 Å². The van der Waals surface area contributed by atoms with Gasteiger partial charge in [0.15, 0.2) is 0 Å². The monoisotopic (exact) mass is 346 g/mol. The van der Waals surface area contributed by atoms with Crippen LogP contribution in [0.4, 0.5) is 0 Å². The molecular formula is C20H14N2O4. The maximum atomic E-state index is 12.5. The number of ether oxygens (including phenoxy) is 2. The Labute approximate surface area is 148 Å². The topological polar surface area (TPSA) is 88.2 Å². The summed E-state index contributed by atoms with van der Waals surface area (Å²) >= 11 is 0. The molecule has 2 heterocycles. The summed E-state index contributed by atoms with van der Waals surface area (Å²) in [6, 6.07) is 12.8. The van der Waals surface area contributed by atoms with Crippen molar-refractivity contribution >= 4 is 21.9 Å². The summed E-state index contributed by atoms with van der Waals surface area (Å²) in [5, 5.41) is 11.0. The second kappa shape index (κ2) is 5.97. The number of aromatic nitrogens is 1. The Morgan fingerprint density at radius 2 is 1.77 bits per heavy atom. The molecule has 0 fully saturated rings. The number of nitrogens with one attached hydrogen (secondary N) is 1. The van der Waals surface area contributed by atoms with E-state index in [-0.39, 0.29) is 5.56 Å². The summed E-state index contributed by atoms with van der Waals surface area (Å²) in [6.07, 6.45) is 1.77. The van der Waals surface area contributed by atoms with E-state index < -0.39 is 5.63 Å². The highest BCUT2D eigenvalue weighted by Crippen LogP contribution is 2.37. The fourth-order valence-corrected chi connectivity index (χ4v) is 3.15. The predicted molar refractivity (Wildman–Crippen MR) is 97.6 cm³/mol. The van der Waals surface area contributed by atoms with Crippen molar-refractivity contribution in [3.05, 3.63) is 58.6 Å². The number of benzene rings is 2. The van der Waals surface area contributed by atoms with Crippen molar-refractivity contribution in [3.8, 4) is 28.7 Å². The average Bonchev–Trinajstić information content (AvgIpc) is 3.15. The van der Waals surface area contributed by atoms with Crippen molar-refractivity contribution in [1.82, 2.24) is 4.98 Å². The molecule has 4 aromatic rings. The van der Waals surface area contributed by atoms with Crippen LogP contribution < -0.4 is 15.1 Å². The molecule has 0 bridgehead atoms. The van der Waals surface area contributed by atoms with Crippen molar-refractivity contribution < 1.29 is 13.9 Å². The van der Waals surface area contributed by atoms with E-state index in [2.05, 4.69) is 4.98 Å². The van der Waals surface area contributed by atoms with E-state index in [9.17, 15) is 10.1 Å². The van der Waals surface area contributed by atoms with Crippen LogP contribution in [0.1, 0.15) is 5.56 Å². The van der Waals surface area contributed by atoms with Crippen molar-refractivity contribution in [1.29, 1.82) is 5.26 Å². The second-order valence-electron chi connectivity index (χ2n) is 5.73. The Kier molecular flexibility index (Phi) is 3.63. The van der Waals surface area contributed by atoms with Crippen molar-refractivity contribution in [3.63, 3.8) is 0 Å². The van der Waals surface area contributed by atoms with Gasteiger partial charge in [-0.25, -0.2) is 4.79 Å². The highest BCUT2D eigenvalue weighted by molar-refractivity contribution is 6.09. The van der Waals surface area contributed by atoms with Crippen LogP contribution in [-0.2, 0) is 0 Å². The third-order valence-corrected chi connectivity index (χ3v) is 4.36. The summed E-state index contributed by atoms with van der Waals surface area (Å²) in [4.78, 5) is 15.6. The van der Waals surface area contributed by atoms with Gasteiger partial charge in [-0.1, -0.05) is 0 Å². The zero-order valence-electron chi connectivity index (χ0n) is 14.1. The molecule has 0 saturated carbocycles. The lowest BCUT2D eigenvalue weighted by atomic mass is 9.96. The molecule has 1 N–H and O–H groups in total.